The summed E-state index contributed by atoms with van der Waals surface area (Å²) in [5, 5.41) is 13.3. The molecule has 1 aliphatic rings. The molecule has 0 amide bonds. The second-order valence-electron chi connectivity index (χ2n) is 7.29. The van der Waals surface area contributed by atoms with Crippen LogP contribution in [0.25, 0.3) is 10.3 Å². The first-order chi connectivity index (χ1) is 14.7. The monoisotopic (exact) mass is 425 g/mol. The molecule has 7 nitrogen and oxygen atoms in total. The molecule has 0 bridgehead atoms. The van der Waals surface area contributed by atoms with Crippen LogP contribution in [0.3, 0.4) is 0 Å². The third kappa shape index (κ3) is 5.13. The van der Waals surface area contributed by atoms with Gasteiger partial charge >= 0.3 is 5.97 Å². The van der Waals surface area contributed by atoms with Gasteiger partial charge in [-0.3, -0.25) is 0 Å². The minimum atomic E-state index is -1.12. The van der Waals surface area contributed by atoms with E-state index in [1.54, 1.807) is 6.20 Å². The lowest BCUT2D eigenvalue weighted by Gasteiger charge is -2.28. The van der Waals surface area contributed by atoms with Gasteiger partial charge in [-0.05, 0) is 42.7 Å². The first kappa shape index (κ1) is 20.3. The van der Waals surface area contributed by atoms with Crippen molar-refractivity contribution in [3.63, 3.8) is 0 Å². The third-order valence-electron chi connectivity index (χ3n) is 5.20. The SMILES string of the molecule is O=C(O)/C=N/OC(c1ccc(OCc2nc3cccnc3s2)cc1)C1CCCCC1. The highest BCUT2D eigenvalue weighted by atomic mass is 32.1. The lowest BCUT2D eigenvalue weighted by Crippen LogP contribution is -2.18. The zero-order chi connectivity index (χ0) is 20.8. The normalized spacial score (nSPS) is 16.0. The van der Waals surface area contributed by atoms with Crippen LogP contribution in [0, 0.1) is 5.92 Å². The average molecular weight is 426 g/mol. The average Bonchev–Trinajstić information content (AvgIpc) is 3.19. The van der Waals surface area contributed by atoms with E-state index in [0.29, 0.717) is 12.5 Å². The highest BCUT2D eigenvalue weighted by Gasteiger charge is 2.27. The summed E-state index contributed by atoms with van der Waals surface area (Å²) in [7, 11) is 0. The van der Waals surface area contributed by atoms with Crippen LogP contribution in [0.1, 0.15) is 48.8 Å². The number of carboxylic acids is 1. The van der Waals surface area contributed by atoms with Gasteiger partial charge in [0.25, 0.3) is 0 Å². The Morgan fingerprint density at radius 3 is 2.77 bits per heavy atom. The Kier molecular flexibility index (Phi) is 6.53. The Bertz CT molecular complexity index is 980. The van der Waals surface area contributed by atoms with E-state index in [4.69, 9.17) is 14.7 Å². The van der Waals surface area contributed by atoms with Crippen LogP contribution >= 0.6 is 11.3 Å². The molecular weight excluding hydrogens is 402 g/mol. The number of aliphatic carboxylic acids is 1. The molecule has 1 aliphatic carbocycles. The molecule has 0 saturated heterocycles. The fraction of sp³-hybridized carbons (Fsp3) is 0.364. The fourth-order valence-electron chi connectivity index (χ4n) is 3.77. The Morgan fingerprint density at radius 2 is 2.03 bits per heavy atom. The summed E-state index contributed by atoms with van der Waals surface area (Å²) in [5.74, 6) is -0.0553. The quantitative estimate of drug-likeness (QED) is 0.404. The van der Waals surface area contributed by atoms with Crippen LogP contribution in [0.15, 0.2) is 47.8 Å². The minimum absolute atomic E-state index is 0.259. The highest BCUT2D eigenvalue weighted by molar-refractivity contribution is 7.18. The molecular formula is C22H23N3O4S. The molecule has 156 valence electrons. The van der Waals surface area contributed by atoms with Crippen LogP contribution in [0.2, 0.25) is 0 Å². The molecule has 1 atom stereocenters. The molecule has 8 heteroatoms. The largest absolute Gasteiger partial charge is 0.486 e. The van der Waals surface area contributed by atoms with E-state index >= 15 is 0 Å². The topological polar surface area (TPSA) is 93.9 Å². The van der Waals surface area contributed by atoms with E-state index in [2.05, 4.69) is 15.1 Å². The van der Waals surface area contributed by atoms with Crippen molar-refractivity contribution in [3.8, 4) is 5.75 Å². The van der Waals surface area contributed by atoms with Gasteiger partial charge in [0, 0.05) is 12.1 Å². The summed E-state index contributed by atoms with van der Waals surface area (Å²) < 4.78 is 5.89. The van der Waals surface area contributed by atoms with E-state index in [0.717, 1.165) is 58.6 Å². The van der Waals surface area contributed by atoms with E-state index in [9.17, 15) is 4.79 Å². The number of ether oxygens (including phenoxy) is 1. The van der Waals surface area contributed by atoms with Crippen LogP contribution in [-0.2, 0) is 16.2 Å². The van der Waals surface area contributed by atoms with Crippen molar-refractivity contribution >= 4 is 33.9 Å². The lowest BCUT2D eigenvalue weighted by atomic mass is 9.83. The Morgan fingerprint density at radius 1 is 1.23 bits per heavy atom. The number of carbonyl (C=O) groups is 1. The zero-order valence-electron chi connectivity index (χ0n) is 16.4. The Hall–Kier alpha value is -3.00. The fourth-order valence-corrected chi connectivity index (χ4v) is 4.59. The zero-order valence-corrected chi connectivity index (χ0v) is 17.3. The second kappa shape index (κ2) is 9.67. The standard InChI is InChI=1S/C22H23N3O4S/c26-20(27)13-24-29-21(15-5-2-1-3-6-15)16-8-10-17(11-9-16)28-14-19-25-18-7-4-12-23-22(18)30-19/h4,7-13,15,21H,1-3,5-6,14H2,(H,26,27)/b24-13+. The molecule has 1 N–H and O–H groups in total. The number of hydrogen-bond acceptors (Lipinski definition) is 7. The van der Waals surface area contributed by atoms with E-state index in [1.807, 2.05) is 36.4 Å². The van der Waals surface area contributed by atoms with Crippen LogP contribution in [-0.4, -0.2) is 27.3 Å². The highest BCUT2D eigenvalue weighted by Crippen LogP contribution is 2.37. The van der Waals surface area contributed by atoms with Crippen molar-refractivity contribution in [3.05, 3.63) is 53.2 Å². The van der Waals surface area contributed by atoms with Crippen molar-refractivity contribution in [1.29, 1.82) is 0 Å². The summed E-state index contributed by atoms with van der Waals surface area (Å²) in [6, 6.07) is 11.5. The number of carboxylic acid groups (broad SMARTS) is 1. The number of nitrogens with zero attached hydrogens (tertiary/aromatic N) is 3. The second-order valence-corrected chi connectivity index (χ2v) is 8.35. The van der Waals surface area contributed by atoms with Crippen molar-refractivity contribution in [2.75, 3.05) is 0 Å². The molecule has 0 radical (unpaired) electrons. The van der Waals surface area contributed by atoms with Gasteiger partial charge in [-0.1, -0.05) is 47.9 Å². The van der Waals surface area contributed by atoms with E-state index in [-0.39, 0.29) is 6.10 Å². The Labute approximate surface area is 178 Å². The van der Waals surface area contributed by atoms with E-state index in [1.165, 1.54) is 17.8 Å². The van der Waals surface area contributed by atoms with Gasteiger partial charge in [0.05, 0.1) is 0 Å². The van der Waals surface area contributed by atoms with Crippen LogP contribution in [0.4, 0.5) is 0 Å². The first-order valence-corrected chi connectivity index (χ1v) is 10.9. The smallest absolute Gasteiger partial charge is 0.350 e. The van der Waals surface area contributed by atoms with Gasteiger partial charge in [0.1, 0.15) is 27.7 Å². The summed E-state index contributed by atoms with van der Waals surface area (Å²) in [4.78, 5) is 26.1. The van der Waals surface area contributed by atoms with Gasteiger partial charge in [0.15, 0.2) is 12.3 Å². The van der Waals surface area contributed by atoms with Crippen molar-refractivity contribution in [1.82, 2.24) is 9.97 Å². The lowest BCUT2D eigenvalue weighted by molar-refractivity contribution is -0.129. The molecule has 0 aliphatic heterocycles. The van der Waals surface area contributed by atoms with Crippen molar-refractivity contribution in [2.45, 2.75) is 44.8 Å². The predicted molar refractivity (Wildman–Crippen MR) is 115 cm³/mol. The molecule has 2 aromatic heterocycles. The summed E-state index contributed by atoms with van der Waals surface area (Å²) in [5.41, 5.74) is 1.85. The molecule has 1 saturated carbocycles. The maximum Gasteiger partial charge on any atom is 0.350 e. The maximum absolute atomic E-state index is 10.7. The van der Waals surface area contributed by atoms with Crippen LogP contribution < -0.4 is 4.74 Å². The predicted octanol–water partition coefficient (Wildman–Crippen LogP) is 4.98. The number of oxime groups is 1. The molecule has 1 aromatic carbocycles. The number of thiazole rings is 1. The van der Waals surface area contributed by atoms with Gasteiger partial charge in [-0.2, -0.15) is 0 Å². The maximum atomic E-state index is 10.7. The van der Waals surface area contributed by atoms with Gasteiger partial charge in [0.2, 0.25) is 0 Å². The number of rotatable bonds is 8. The molecule has 1 unspecified atom stereocenters. The number of aromatic nitrogens is 2. The van der Waals surface area contributed by atoms with Crippen molar-refractivity contribution in [2.24, 2.45) is 11.1 Å². The third-order valence-corrected chi connectivity index (χ3v) is 6.15. The molecule has 30 heavy (non-hydrogen) atoms. The molecule has 4 rings (SSSR count). The van der Waals surface area contributed by atoms with Gasteiger partial charge in [-0.15, -0.1) is 0 Å². The van der Waals surface area contributed by atoms with Gasteiger partial charge < -0.3 is 14.7 Å². The Balaban J connectivity index is 1.42. The van der Waals surface area contributed by atoms with Crippen molar-refractivity contribution < 1.29 is 19.5 Å². The summed E-state index contributed by atoms with van der Waals surface area (Å²) in [6.07, 6.45) is 7.95. The molecule has 1 fully saturated rings. The number of benzene rings is 1. The summed E-state index contributed by atoms with van der Waals surface area (Å²) >= 11 is 1.52. The van der Waals surface area contributed by atoms with E-state index < -0.39 is 5.97 Å². The number of hydrogen-bond donors (Lipinski definition) is 1. The molecule has 3 aromatic rings. The van der Waals surface area contributed by atoms with Gasteiger partial charge in [-0.25, -0.2) is 14.8 Å². The minimum Gasteiger partial charge on any atom is -0.486 e. The molecule has 0 spiro atoms. The molecule has 2 heterocycles. The number of fused-ring (bicyclic) bond motifs is 1. The summed E-state index contributed by atoms with van der Waals surface area (Å²) in [6.45, 7) is 0.381. The van der Waals surface area contributed by atoms with Crippen LogP contribution in [0.5, 0.6) is 5.75 Å². The first-order valence-electron chi connectivity index (χ1n) is 10.0. The number of pyridine rings is 1.